The Kier molecular flexibility index (Phi) is 6.68. The first-order valence-electron chi connectivity index (χ1n) is 9.34. The average molecular weight is 365 g/mol. The Bertz CT molecular complexity index is 765. The summed E-state index contributed by atoms with van der Waals surface area (Å²) in [5, 5.41) is 4.18. The molecule has 0 spiro atoms. The number of carbonyl (C=O) groups excluding carboxylic acids is 1. The minimum Gasteiger partial charge on any atom is -0.297 e. The van der Waals surface area contributed by atoms with E-state index in [2.05, 4.69) is 56.5 Å². The van der Waals surface area contributed by atoms with Crippen LogP contribution in [0.1, 0.15) is 23.6 Å². The zero-order valence-corrected chi connectivity index (χ0v) is 16.1. The predicted octanol–water partition coefficient (Wildman–Crippen LogP) is 2.05. The van der Waals surface area contributed by atoms with E-state index < -0.39 is 0 Å². The number of hydrogen-bond donors (Lipinski definition) is 1. The number of piperazine rings is 1. The Hall–Kier alpha value is -2.57. The lowest BCUT2D eigenvalue weighted by molar-refractivity contribution is -0.122. The maximum absolute atomic E-state index is 12.2. The van der Waals surface area contributed by atoms with Gasteiger partial charge in [-0.05, 0) is 25.5 Å². The highest BCUT2D eigenvalue weighted by Crippen LogP contribution is 2.09. The van der Waals surface area contributed by atoms with Crippen LogP contribution in [0, 0.1) is 6.92 Å². The van der Waals surface area contributed by atoms with Crippen molar-refractivity contribution in [3.05, 3.63) is 65.5 Å². The Balaban J connectivity index is 1.41. The lowest BCUT2D eigenvalue weighted by Crippen LogP contribution is -2.48. The molecule has 1 aromatic carbocycles. The fourth-order valence-corrected chi connectivity index (χ4v) is 3.08. The molecule has 6 heteroatoms. The van der Waals surface area contributed by atoms with E-state index in [1.807, 2.05) is 19.1 Å². The van der Waals surface area contributed by atoms with Gasteiger partial charge in [0, 0.05) is 50.7 Å². The molecule has 3 rings (SSSR count). The lowest BCUT2D eigenvalue weighted by atomic mass is 10.1. The molecule has 2 heterocycles. The number of pyridine rings is 1. The molecule has 6 nitrogen and oxygen atoms in total. The highest BCUT2D eigenvalue weighted by Gasteiger charge is 2.18. The second-order valence-electron chi connectivity index (χ2n) is 7.01. The van der Waals surface area contributed by atoms with E-state index >= 15 is 0 Å². The molecular formula is C21H27N5O. The molecule has 0 radical (unpaired) electrons. The van der Waals surface area contributed by atoms with E-state index in [1.54, 1.807) is 12.4 Å². The van der Waals surface area contributed by atoms with Gasteiger partial charge in [-0.15, -0.1) is 0 Å². The standard InChI is InChI=1S/C21H27N5O/c1-17-5-7-19(8-6-17)15-25-10-12-26(13-11-25)16-21(27)24-23-18(2)20-4-3-9-22-14-20/h3-9,14H,10-13,15-16H2,1-2H3,(H,24,27)/b23-18-. The van der Waals surface area contributed by atoms with Crippen LogP contribution in [0.5, 0.6) is 0 Å². The Morgan fingerprint density at radius 2 is 1.81 bits per heavy atom. The van der Waals surface area contributed by atoms with Crippen LogP contribution >= 0.6 is 0 Å². The van der Waals surface area contributed by atoms with Gasteiger partial charge in [-0.1, -0.05) is 35.9 Å². The van der Waals surface area contributed by atoms with Crippen LogP contribution < -0.4 is 5.43 Å². The number of hydrazone groups is 1. The van der Waals surface area contributed by atoms with Crippen LogP contribution in [0.4, 0.5) is 0 Å². The van der Waals surface area contributed by atoms with Crippen LogP contribution in [-0.4, -0.2) is 59.1 Å². The smallest absolute Gasteiger partial charge is 0.254 e. The predicted molar refractivity (Wildman–Crippen MR) is 107 cm³/mol. The van der Waals surface area contributed by atoms with Crippen LogP contribution in [0.2, 0.25) is 0 Å². The van der Waals surface area contributed by atoms with Crippen LogP contribution in [0.15, 0.2) is 53.9 Å². The molecule has 1 amide bonds. The minimum atomic E-state index is -0.0785. The van der Waals surface area contributed by atoms with E-state index in [4.69, 9.17) is 0 Å². The third kappa shape index (κ3) is 5.98. The highest BCUT2D eigenvalue weighted by atomic mass is 16.2. The monoisotopic (exact) mass is 365 g/mol. The molecule has 0 atom stereocenters. The molecule has 27 heavy (non-hydrogen) atoms. The topological polar surface area (TPSA) is 60.8 Å². The third-order valence-electron chi connectivity index (χ3n) is 4.79. The summed E-state index contributed by atoms with van der Waals surface area (Å²) in [6.45, 7) is 9.04. The molecule has 0 saturated carbocycles. The lowest BCUT2D eigenvalue weighted by Gasteiger charge is -2.34. The number of hydrogen-bond acceptors (Lipinski definition) is 5. The van der Waals surface area contributed by atoms with Crippen molar-refractivity contribution in [1.29, 1.82) is 0 Å². The third-order valence-corrected chi connectivity index (χ3v) is 4.79. The van der Waals surface area contributed by atoms with E-state index in [0.29, 0.717) is 6.54 Å². The van der Waals surface area contributed by atoms with E-state index in [-0.39, 0.29) is 5.91 Å². The second-order valence-corrected chi connectivity index (χ2v) is 7.01. The molecule has 1 N–H and O–H groups in total. The van der Waals surface area contributed by atoms with Gasteiger partial charge in [-0.2, -0.15) is 5.10 Å². The normalized spacial score (nSPS) is 16.3. The molecule has 1 fully saturated rings. The van der Waals surface area contributed by atoms with Crippen molar-refractivity contribution in [2.24, 2.45) is 5.10 Å². The molecule has 1 aliphatic rings. The van der Waals surface area contributed by atoms with Crippen LogP contribution in [-0.2, 0) is 11.3 Å². The van der Waals surface area contributed by atoms with Crippen molar-refractivity contribution in [3.8, 4) is 0 Å². The fourth-order valence-electron chi connectivity index (χ4n) is 3.08. The van der Waals surface area contributed by atoms with Gasteiger partial charge in [-0.3, -0.25) is 19.6 Å². The van der Waals surface area contributed by atoms with Gasteiger partial charge in [0.1, 0.15) is 0 Å². The number of nitrogens with one attached hydrogen (secondary N) is 1. The van der Waals surface area contributed by atoms with E-state index in [9.17, 15) is 4.79 Å². The molecular weight excluding hydrogens is 338 g/mol. The Labute approximate surface area is 160 Å². The van der Waals surface area contributed by atoms with Crippen molar-refractivity contribution in [1.82, 2.24) is 20.2 Å². The summed E-state index contributed by atoms with van der Waals surface area (Å²) in [7, 11) is 0. The van der Waals surface area contributed by atoms with Gasteiger partial charge in [0.15, 0.2) is 0 Å². The largest absolute Gasteiger partial charge is 0.297 e. The average Bonchev–Trinajstić information content (AvgIpc) is 2.70. The maximum Gasteiger partial charge on any atom is 0.254 e. The summed E-state index contributed by atoms with van der Waals surface area (Å²) < 4.78 is 0. The maximum atomic E-state index is 12.2. The Morgan fingerprint density at radius 3 is 2.48 bits per heavy atom. The first-order chi connectivity index (χ1) is 13.1. The van der Waals surface area contributed by atoms with Crippen molar-refractivity contribution < 1.29 is 4.79 Å². The van der Waals surface area contributed by atoms with Gasteiger partial charge in [0.2, 0.25) is 0 Å². The number of aromatic nitrogens is 1. The summed E-state index contributed by atoms with van der Waals surface area (Å²) in [5.41, 5.74) is 6.93. The molecule has 1 aliphatic heterocycles. The molecule has 0 unspecified atom stereocenters. The number of nitrogens with zero attached hydrogens (tertiary/aromatic N) is 4. The second kappa shape index (κ2) is 9.39. The molecule has 0 aliphatic carbocycles. The van der Waals surface area contributed by atoms with Crippen molar-refractivity contribution in [3.63, 3.8) is 0 Å². The quantitative estimate of drug-likeness (QED) is 0.629. The Morgan fingerprint density at radius 1 is 1.11 bits per heavy atom. The zero-order valence-electron chi connectivity index (χ0n) is 16.1. The van der Waals surface area contributed by atoms with Gasteiger partial charge in [0.05, 0.1) is 12.3 Å². The number of amides is 1. The van der Waals surface area contributed by atoms with E-state index in [1.165, 1.54) is 11.1 Å². The summed E-state index contributed by atoms with van der Waals surface area (Å²) >= 11 is 0. The van der Waals surface area contributed by atoms with Crippen molar-refractivity contribution in [2.45, 2.75) is 20.4 Å². The molecule has 2 aromatic rings. The highest BCUT2D eigenvalue weighted by molar-refractivity contribution is 5.98. The van der Waals surface area contributed by atoms with Crippen molar-refractivity contribution >= 4 is 11.6 Å². The fraction of sp³-hybridized carbons (Fsp3) is 0.381. The van der Waals surface area contributed by atoms with Crippen molar-refractivity contribution in [2.75, 3.05) is 32.7 Å². The summed E-state index contributed by atoms with van der Waals surface area (Å²) in [4.78, 5) is 20.8. The molecule has 142 valence electrons. The molecule has 0 bridgehead atoms. The molecule has 1 saturated heterocycles. The number of benzene rings is 1. The van der Waals surface area contributed by atoms with Gasteiger partial charge in [-0.25, -0.2) is 5.43 Å². The van der Waals surface area contributed by atoms with Gasteiger partial charge >= 0.3 is 0 Å². The molecule has 1 aromatic heterocycles. The van der Waals surface area contributed by atoms with Crippen LogP contribution in [0.25, 0.3) is 0 Å². The number of rotatable bonds is 6. The van der Waals surface area contributed by atoms with Gasteiger partial charge < -0.3 is 0 Å². The number of aryl methyl sites for hydroxylation is 1. The summed E-state index contributed by atoms with van der Waals surface area (Å²) in [5.74, 6) is -0.0785. The van der Waals surface area contributed by atoms with Gasteiger partial charge in [0.25, 0.3) is 5.91 Å². The van der Waals surface area contributed by atoms with Crippen LogP contribution in [0.3, 0.4) is 0 Å². The first kappa shape index (κ1) is 19.2. The SMILES string of the molecule is C/C(=N/NC(=O)CN1CCN(Cc2ccc(C)cc2)CC1)c1cccnc1. The summed E-state index contributed by atoms with van der Waals surface area (Å²) in [6.07, 6.45) is 3.45. The zero-order chi connectivity index (χ0) is 19.1. The summed E-state index contributed by atoms with van der Waals surface area (Å²) in [6, 6.07) is 12.5. The number of carbonyl (C=O) groups is 1. The first-order valence-corrected chi connectivity index (χ1v) is 9.34. The van der Waals surface area contributed by atoms with E-state index in [0.717, 1.165) is 44.0 Å². The minimum absolute atomic E-state index is 0.0785.